The Kier molecular flexibility index (Phi) is 3.78. The molecular formula is C21H16N2O2. The highest BCUT2D eigenvalue weighted by Crippen LogP contribution is 2.33. The molecule has 0 amide bonds. The zero-order chi connectivity index (χ0) is 17.2. The number of aliphatic imine (C=N–C) groups is 1. The maximum Gasteiger partial charge on any atom is 0.310 e. The van der Waals surface area contributed by atoms with E-state index in [0.717, 1.165) is 22.4 Å². The van der Waals surface area contributed by atoms with E-state index in [2.05, 4.69) is 9.98 Å². The van der Waals surface area contributed by atoms with Crippen LogP contribution < -0.4 is 0 Å². The predicted octanol–water partition coefficient (Wildman–Crippen LogP) is 5.12. The summed E-state index contributed by atoms with van der Waals surface area (Å²) in [5.74, 6) is 0.155. The number of oxazole rings is 1. The van der Waals surface area contributed by atoms with Crippen molar-refractivity contribution in [2.45, 2.75) is 6.92 Å². The average Bonchev–Trinajstić information content (AvgIpc) is 3.19. The largest absolute Gasteiger partial charge is 0.479 e. The number of rotatable bonds is 3. The van der Waals surface area contributed by atoms with Crippen molar-refractivity contribution in [2.75, 3.05) is 0 Å². The van der Waals surface area contributed by atoms with Gasteiger partial charge in [0.2, 0.25) is 5.89 Å². The minimum atomic E-state index is -0.200. The normalized spacial score (nSPS) is 14.5. The summed E-state index contributed by atoms with van der Waals surface area (Å²) in [6, 6.07) is 16.0. The standard InChI is InChI=1S/C21H16N2O2/c1-14-6-8-15(9-7-14)10-11-20-23-19(21(24)25-20)12-16-13-22-18-5-3-2-4-17(16)18/h2-13,24H,1H3/b11-10+,16-12?. The SMILES string of the molecule is Cc1ccc(/C=C/c2nc(C=C3C=Nc4ccccc43)c(O)o2)cc1. The first-order valence-electron chi connectivity index (χ1n) is 7.99. The number of nitrogens with zero attached hydrogens (tertiary/aromatic N) is 2. The molecule has 1 aliphatic rings. The van der Waals surface area contributed by atoms with Gasteiger partial charge in [-0.05, 0) is 30.7 Å². The van der Waals surface area contributed by atoms with E-state index >= 15 is 0 Å². The van der Waals surface area contributed by atoms with Crippen LogP contribution in [0.1, 0.15) is 28.3 Å². The van der Waals surface area contributed by atoms with Crippen molar-refractivity contribution in [2.24, 2.45) is 4.99 Å². The maximum atomic E-state index is 10.0. The second-order valence-corrected chi connectivity index (χ2v) is 5.86. The predicted molar refractivity (Wildman–Crippen MR) is 101 cm³/mol. The maximum absolute atomic E-state index is 10.0. The zero-order valence-electron chi connectivity index (χ0n) is 13.7. The molecule has 2 aromatic carbocycles. The Balaban J connectivity index is 1.60. The molecule has 0 saturated carbocycles. The van der Waals surface area contributed by atoms with Gasteiger partial charge in [0.05, 0.1) is 5.69 Å². The van der Waals surface area contributed by atoms with Crippen LogP contribution in [0.5, 0.6) is 5.95 Å². The van der Waals surface area contributed by atoms with Gasteiger partial charge in [0, 0.05) is 23.4 Å². The zero-order valence-corrected chi connectivity index (χ0v) is 13.7. The van der Waals surface area contributed by atoms with E-state index in [9.17, 15) is 5.11 Å². The lowest BCUT2D eigenvalue weighted by atomic mass is 10.1. The molecule has 1 N–H and O–H groups in total. The fourth-order valence-corrected chi connectivity index (χ4v) is 2.65. The first kappa shape index (κ1) is 15.1. The van der Waals surface area contributed by atoms with Gasteiger partial charge in [-0.3, -0.25) is 4.99 Å². The van der Waals surface area contributed by atoms with Crippen molar-refractivity contribution in [1.29, 1.82) is 0 Å². The van der Waals surface area contributed by atoms with Crippen LogP contribution >= 0.6 is 0 Å². The van der Waals surface area contributed by atoms with Crippen molar-refractivity contribution in [3.05, 3.63) is 76.8 Å². The van der Waals surface area contributed by atoms with Gasteiger partial charge in [-0.1, -0.05) is 48.0 Å². The average molecular weight is 328 g/mol. The summed E-state index contributed by atoms with van der Waals surface area (Å²) in [7, 11) is 0. The lowest BCUT2D eigenvalue weighted by molar-refractivity contribution is 0.328. The first-order chi connectivity index (χ1) is 12.2. The number of aryl methyl sites for hydroxylation is 1. The summed E-state index contributed by atoms with van der Waals surface area (Å²) in [6.07, 6.45) is 7.18. The summed E-state index contributed by atoms with van der Waals surface area (Å²) in [5.41, 5.74) is 5.46. The van der Waals surface area contributed by atoms with Crippen LogP contribution in [0.25, 0.3) is 23.8 Å². The van der Waals surface area contributed by atoms with Crippen LogP contribution in [0.4, 0.5) is 5.69 Å². The van der Waals surface area contributed by atoms with Gasteiger partial charge < -0.3 is 9.52 Å². The molecule has 0 saturated heterocycles. The summed E-state index contributed by atoms with van der Waals surface area (Å²) in [5, 5.41) is 10.0. The number of fused-ring (bicyclic) bond motifs is 1. The molecule has 0 unspecified atom stereocenters. The third kappa shape index (κ3) is 3.15. The molecule has 4 heteroatoms. The van der Waals surface area contributed by atoms with Crippen LogP contribution in [-0.4, -0.2) is 16.3 Å². The molecular weight excluding hydrogens is 312 g/mol. The second kappa shape index (κ2) is 6.24. The van der Waals surface area contributed by atoms with Crippen LogP contribution in [0.15, 0.2) is 57.9 Å². The Morgan fingerprint density at radius 2 is 1.80 bits per heavy atom. The van der Waals surface area contributed by atoms with E-state index in [-0.39, 0.29) is 5.95 Å². The molecule has 0 radical (unpaired) electrons. The van der Waals surface area contributed by atoms with Crippen LogP contribution in [0.2, 0.25) is 0 Å². The highest BCUT2D eigenvalue weighted by Gasteiger charge is 2.14. The Labute approximate surface area is 145 Å². The van der Waals surface area contributed by atoms with Gasteiger partial charge in [0.15, 0.2) is 0 Å². The van der Waals surface area contributed by atoms with Crippen LogP contribution in [-0.2, 0) is 0 Å². The minimum Gasteiger partial charge on any atom is -0.479 e. The van der Waals surface area contributed by atoms with E-state index < -0.39 is 0 Å². The Hall–Kier alpha value is -3.40. The minimum absolute atomic E-state index is 0.200. The van der Waals surface area contributed by atoms with Crippen molar-refractivity contribution < 1.29 is 9.52 Å². The van der Waals surface area contributed by atoms with E-state index in [0.29, 0.717) is 11.6 Å². The third-order valence-electron chi connectivity index (χ3n) is 4.00. The quantitative estimate of drug-likeness (QED) is 0.726. The second-order valence-electron chi connectivity index (χ2n) is 5.86. The summed E-state index contributed by atoms with van der Waals surface area (Å²) < 4.78 is 5.33. The van der Waals surface area contributed by atoms with Gasteiger partial charge in [-0.2, -0.15) is 0 Å². The fraction of sp³-hybridized carbons (Fsp3) is 0.0476. The summed E-state index contributed by atoms with van der Waals surface area (Å²) in [4.78, 5) is 8.69. The van der Waals surface area contributed by atoms with Crippen molar-refractivity contribution in [3.8, 4) is 5.95 Å². The molecule has 0 spiro atoms. The number of aromatic nitrogens is 1. The number of aromatic hydroxyl groups is 1. The molecule has 1 aliphatic heterocycles. The van der Waals surface area contributed by atoms with Gasteiger partial charge in [-0.25, -0.2) is 4.98 Å². The molecule has 4 nitrogen and oxygen atoms in total. The number of para-hydroxylation sites is 1. The molecule has 1 aromatic heterocycles. The van der Waals surface area contributed by atoms with Gasteiger partial charge in [0.25, 0.3) is 0 Å². The number of benzene rings is 2. The van der Waals surface area contributed by atoms with Gasteiger partial charge >= 0.3 is 5.95 Å². The molecule has 0 bridgehead atoms. The van der Waals surface area contributed by atoms with Crippen LogP contribution in [0.3, 0.4) is 0 Å². The number of hydrogen-bond donors (Lipinski definition) is 1. The Morgan fingerprint density at radius 3 is 2.64 bits per heavy atom. The fourth-order valence-electron chi connectivity index (χ4n) is 2.65. The van der Waals surface area contributed by atoms with Crippen LogP contribution in [0, 0.1) is 6.92 Å². The lowest BCUT2D eigenvalue weighted by Gasteiger charge is -1.97. The van der Waals surface area contributed by atoms with E-state index in [1.807, 2.05) is 61.5 Å². The number of hydrogen-bond acceptors (Lipinski definition) is 4. The summed E-state index contributed by atoms with van der Waals surface area (Å²) >= 11 is 0. The molecule has 3 aromatic rings. The molecule has 122 valence electrons. The summed E-state index contributed by atoms with van der Waals surface area (Å²) in [6.45, 7) is 2.05. The Morgan fingerprint density at radius 1 is 1.00 bits per heavy atom. The monoisotopic (exact) mass is 328 g/mol. The molecule has 4 rings (SSSR count). The van der Waals surface area contributed by atoms with Gasteiger partial charge in [-0.15, -0.1) is 0 Å². The molecule has 25 heavy (non-hydrogen) atoms. The van der Waals surface area contributed by atoms with Crippen molar-refractivity contribution >= 4 is 35.7 Å². The van der Waals surface area contributed by atoms with Crippen molar-refractivity contribution in [1.82, 2.24) is 4.98 Å². The molecule has 0 atom stereocenters. The van der Waals surface area contributed by atoms with Gasteiger partial charge in [0.1, 0.15) is 5.69 Å². The lowest BCUT2D eigenvalue weighted by Crippen LogP contribution is -1.81. The smallest absolute Gasteiger partial charge is 0.310 e. The van der Waals surface area contributed by atoms with Crippen molar-refractivity contribution in [3.63, 3.8) is 0 Å². The Bertz CT molecular complexity index is 1010. The third-order valence-corrected chi connectivity index (χ3v) is 4.00. The first-order valence-corrected chi connectivity index (χ1v) is 7.99. The molecule has 0 fully saturated rings. The topological polar surface area (TPSA) is 58.6 Å². The van der Waals surface area contributed by atoms with E-state index in [4.69, 9.17) is 4.42 Å². The van der Waals surface area contributed by atoms with E-state index in [1.54, 1.807) is 18.4 Å². The molecule has 0 aliphatic carbocycles. The number of allylic oxidation sites excluding steroid dienone is 1. The highest BCUT2D eigenvalue weighted by atomic mass is 16.5. The highest BCUT2D eigenvalue weighted by molar-refractivity contribution is 6.21. The van der Waals surface area contributed by atoms with E-state index in [1.165, 1.54) is 5.56 Å². The molecule has 2 heterocycles.